The van der Waals surface area contributed by atoms with Crippen LogP contribution >= 0.6 is 11.6 Å². The van der Waals surface area contributed by atoms with Gasteiger partial charge in [0.15, 0.2) is 0 Å². The zero-order valence-corrected chi connectivity index (χ0v) is 14.3. The molecule has 0 bridgehead atoms. The molecule has 0 saturated carbocycles. The van der Waals surface area contributed by atoms with Gasteiger partial charge in [0.05, 0.1) is 0 Å². The van der Waals surface area contributed by atoms with Gasteiger partial charge in [-0.25, -0.2) is 9.97 Å². The smallest absolute Gasteiger partial charge is 0.136 e. The van der Waals surface area contributed by atoms with Crippen LogP contribution in [0, 0.1) is 13.8 Å². The number of rotatable bonds is 5. The van der Waals surface area contributed by atoms with E-state index in [0.717, 1.165) is 28.5 Å². The summed E-state index contributed by atoms with van der Waals surface area (Å²) in [5.41, 5.74) is 3.12. The highest BCUT2D eigenvalue weighted by Gasteiger charge is 2.05. The Balaban J connectivity index is 1.77. The predicted molar refractivity (Wildman–Crippen MR) is 97.8 cm³/mol. The van der Waals surface area contributed by atoms with E-state index < -0.39 is 0 Å². The summed E-state index contributed by atoms with van der Waals surface area (Å²) in [4.78, 5) is 13.0. The third-order valence-corrected chi connectivity index (χ3v) is 3.73. The molecule has 0 aliphatic carbocycles. The van der Waals surface area contributed by atoms with Crippen molar-refractivity contribution in [3.8, 4) is 0 Å². The summed E-state index contributed by atoms with van der Waals surface area (Å²) in [7, 11) is 0. The van der Waals surface area contributed by atoms with E-state index in [9.17, 15) is 0 Å². The Bertz CT molecular complexity index is 836. The van der Waals surface area contributed by atoms with E-state index in [4.69, 9.17) is 11.6 Å². The highest BCUT2D eigenvalue weighted by Crippen LogP contribution is 2.24. The zero-order chi connectivity index (χ0) is 16.9. The number of aromatic nitrogens is 3. The Morgan fingerprint density at radius 1 is 1.04 bits per heavy atom. The fraction of sp³-hybridized carbons (Fsp3) is 0.167. The van der Waals surface area contributed by atoms with Crippen LogP contribution < -0.4 is 10.6 Å². The van der Waals surface area contributed by atoms with Crippen molar-refractivity contribution in [3.63, 3.8) is 0 Å². The second-order valence-corrected chi connectivity index (χ2v) is 5.92. The van der Waals surface area contributed by atoms with E-state index in [1.165, 1.54) is 0 Å². The molecule has 6 heteroatoms. The SMILES string of the molecule is Cc1nc(NCc2cccnc2)cc(Nc2cc(Cl)ccc2C)n1. The molecule has 2 N–H and O–H groups in total. The maximum absolute atomic E-state index is 6.07. The minimum atomic E-state index is 0.653. The molecular weight excluding hydrogens is 322 g/mol. The van der Waals surface area contributed by atoms with Crippen LogP contribution in [0.25, 0.3) is 0 Å². The minimum Gasteiger partial charge on any atom is -0.366 e. The molecule has 1 aromatic carbocycles. The molecule has 0 atom stereocenters. The summed E-state index contributed by atoms with van der Waals surface area (Å²) >= 11 is 6.07. The third-order valence-electron chi connectivity index (χ3n) is 3.50. The maximum Gasteiger partial charge on any atom is 0.136 e. The van der Waals surface area contributed by atoms with Crippen LogP contribution in [0.15, 0.2) is 48.8 Å². The predicted octanol–water partition coefficient (Wildman–Crippen LogP) is 4.50. The number of halogens is 1. The number of nitrogens with one attached hydrogen (secondary N) is 2. The number of pyridine rings is 1. The molecule has 24 heavy (non-hydrogen) atoms. The van der Waals surface area contributed by atoms with Gasteiger partial charge >= 0.3 is 0 Å². The molecule has 0 amide bonds. The van der Waals surface area contributed by atoms with E-state index in [0.29, 0.717) is 17.4 Å². The zero-order valence-electron chi connectivity index (χ0n) is 13.5. The number of hydrogen-bond acceptors (Lipinski definition) is 5. The van der Waals surface area contributed by atoms with Gasteiger partial charge in [0.25, 0.3) is 0 Å². The third kappa shape index (κ3) is 4.20. The van der Waals surface area contributed by atoms with Crippen molar-refractivity contribution in [2.24, 2.45) is 0 Å². The number of nitrogens with zero attached hydrogens (tertiary/aromatic N) is 3. The molecule has 2 aromatic heterocycles. The van der Waals surface area contributed by atoms with E-state index in [1.807, 2.05) is 56.4 Å². The molecule has 0 fully saturated rings. The summed E-state index contributed by atoms with van der Waals surface area (Å²) in [6.45, 7) is 4.54. The molecule has 0 spiro atoms. The molecular formula is C18H18ClN5. The van der Waals surface area contributed by atoms with E-state index >= 15 is 0 Å². The Hall–Kier alpha value is -2.66. The van der Waals surface area contributed by atoms with Crippen LogP contribution in [0.1, 0.15) is 17.0 Å². The lowest BCUT2D eigenvalue weighted by atomic mass is 10.2. The van der Waals surface area contributed by atoms with E-state index in [1.54, 1.807) is 6.20 Å². The fourth-order valence-electron chi connectivity index (χ4n) is 2.28. The second-order valence-electron chi connectivity index (χ2n) is 5.48. The fourth-order valence-corrected chi connectivity index (χ4v) is 2.46. The first kappa shape index (κ1) is 16.2. The van der Waals surface area contributed by atoms with Crippen molar-refractivity contribution in [2.75, 3.05) is 10.6 Å². The Morgan fingerprint density at radius 2 is 1.88 bits per heavy atom. The highest BCUT2D eigenvalue weighted by molar-refractivity contribution is 6.30. The number of anilines is 3. The normalized spacial score (nSPS) is 10.5. The lowest BCUT2D eigenvalue weighted by Crippen LogP contribution is -2.05. The average Bonchev–Trinajstić information content (AvgIpc) is 2.57. The Morgan fingerprint density at radius 3 is 2.67 bits per heavy atom. The summed E-state index contributed by atoms with van der Waals surface area (Å²) in [6.07, 6.45) is 3.59. The highest BCUT2D eigenvalue weighted by atomic mass is 35.5. The second kappa shape index (κ2) is 7.27. The van der Waals surface area contributed by atoms with Gasteiger partial charge in [-0.05, 0) is 43.2 Å². The van der Waals surface area contributed by atoms with Gasteiger partial charge in [0.1, 0.15) is 17.5 Å². The molecule has 0 aliphatic rings. The summed E-state index contributed by atoms with van der Waals surface area (Å²) < 4.78 is 0. The molecule has 122 valence electrons. The number of aryl methyl sites for hydroxylation is 2. The van der Waals surface area contributed by atoms with Crippen LogP contribution in [0.4, 0.5) is 17.3 Å². The van der Waals surface area contributed by atoms with Crippen molar-refractivity contribution in [1.29, 1.82) is 0 Å². The number of hydrogen-bond donors (Lipinski definition) is 2. The first-order valence-corrected chi connectivity index (χ1v) is 7.99. The molecule has 0 unspecified atom stereocenters. The van der Waals surface area contributed by atoms with Gasteiger partial charge in [0, 0.05) is 35.7 Å². The number of benzene rings is 1. The largest absolute Gasteiger partial charge is 0.366 e. The first-order valence-electron chi connectivity index (χ1n) is 7.62. The average molecular weight is 340 g/mol. The molecule has 0 aliphatic heterocycles. The Labute approximate surface area is 146 Å². The monoisotopic (exact) mass is 339 g/mol. The van der Waals surface area contributed by atoms with Crippen LogP contribution in [-0.4, -0.2) is 15.0 Å². The molecule has 3 aromatic rings. The summed E-state index contributed by atoms with van der Waals surface area (Å²) in [6, 6.07) is 11.5. The van der Waals surface area contributed by atoms with Gasteiger partial charge < -0.3 is 10.6 Å². The van der Waals surface area contributed by atoms with Crippen molar-refractivity contribution in [2.45, 2.75) is 20.4 Å². The van der Waals surface area contributed by atoms with Crippen molar-refractivity contribution in [3.05, 3.63) is 70.8 Å². The van der Waals surface area contributed by atoms with Crippen molar-refractivity contribution < 1.29 is 0 Å². The van der Waals surface area contributed by atoms with Crippen LogP contribution in [-0.2, 0) is 6.54 Å². The van der Waals surface area contributed by atoms with Gasteiger partial charge in [-0.3, -0.25) is 4.98 Å². The quantitative estimate of drug-likeness (QED) is 0.716. The lowest BCUT2D eigenvalue weighted by Gasteiger charge is -2.12. The minimum absolute atomic E-state index is 0.653. The molecule has 5 nitrogen and oxygen atoms in total. The molecule has 3 rings (SSSR count). The van der Waals surface area contributed by atoms with Crippen molar-refractivity contribution >= 4 is 28.9 Å². The Kier molecular flexibility index (Phi) is 4.91. The van der Waals surface area contributed by atoms with Gasteiger partial charge in [-0.1, -0.05) is 23.7 Å². The lowest BCUT2D eigenvalue weighted by molar-refractivity contribution is 1.02. The van der Waals surface area contributed by atoms with Gasteiger partial charge in [-0.15, -0.1) is 0 Å². The van der Waals surface area contributed by atoms with Crippen LogP contribution in [0.3, 0.4) is 0 Å². The van der Waals surface area contributed by atoms with Gasteiger partial charge in [-0.2, -0.15) is 0 Å². The molecule has 0 radical (unpaired) electrons. The van der Waals surface area contributed by atoms with E-state index in [-0.39, 0.29) is 0 Å². The maximum atomic E-state index is 6.07. The summed E-state index contributed by atoms with van der Waals surface area (Å²) in [5, 5.41) is 7.29. The van der Waals surface area contributed by atoms with Crippen LogP contribution in [0.2, 0.25) is 5.02 Å². The standard InChI is InChI=1S/C18H18ClN5/c1-12-5-6-15(19)8-16(12)24-18-9-17(22-13(2)23-18)21-11-14-4-3-7-20-10-14/h3-10H,11H2,1-2H3,(H2,21,22,23,24). The van der Waals surface area contributed by atoms with Gasteiger partial charge in [0.2, 0.25) is 0 Å². The van der Waals surface area contributed by atoms with Crippen LogP contribution in [0.5, 0.6) is 0 Å². The molecule has 0 saturated heterocycles. The topological polar surface area (TPSA) is 62.7 Å². The summed E-state index contributed by atoms with van der Waals surface area (Å²) in [5.74, 6) is 2.17. The van der Waals surface area contributed by atoms with E-state index in [2.05, 4.69) is 25.6 Å². The first-order chi connectivity index (χ1) is 11.6. The molecule has 2 heterocycles. The van der Waals surface area contributed by atoms with Crippen molar-refractivity contribution in [1.82, 2.24) is 15.0 Å².